The van der Waals surface area contributed by atoms with E-state index in [1.165, 1.54) is 24.3 Å². The van der Waals surface area contributed by atoms with Crippen molar-refractivity contribution >= 4 is 58.0 Å². The van der Waals surface area contributed by atoms with Gasteiger partial charge in [-0.25, -0.2) is 13.5 Å². The van der Waals surface area contributed by atoms with Crippen LogP contribution in [0.2, 0.25) is 20.1 Å². The van der Waals surface area contributed by atoms with Crippen LogP contribution in [-0.4, -0.2) is 10.5 Å². The van der Waals surface area contributed by atoms with Crippen LogP contribution < -0.4 is 9.88 Å². The topological polar surface area (TPSA) is 47.1 Å². The second-order valence-corrected chi connectivity index (χ2v) is 9.66. The van der Waals surface area contributed by atoms with E-state index >= 15 is 0 Å². The number of ether oxygens (including phenoxy) is 1. The average molecular weight is 568 g/mol. The van der Waals surface area contributed by atoms with E-state index in [2.05, 4.69) is 5.32 Å². The number of carbonyl (C=O) groups is 1. The maximum absolute atomic E-state index is 13.1. The predicted octanol–water partition coefficient (Wildman–Crippen LogP) is 7.13. The van der Waals surface area contributed by atoms with Crippen LogP contribution in [0.4, 0.5) is 10.1 Å². The molecule has 1 N–H and O–H groups in total. The summed E-state index contributed by atoms with van der Waals surface area (Å²) in [6, 6.07) is 16.1. The molecule has 4 aromatic rings. The summed E-state index contributed by atoms with van der Waals surface area (Å²) in [7, 11) is 0. The van der Waals surface area contributed by atoms with Crippen molar-refractivity contribution in [1.29, 1.82) is 0 Å². The van der Waals surface area contributed by atoms with E-state index in [1.807, 2.05) is 16.8 Å². The molecule has 1 heterocycles. The van der Waals surface area contributed by atoms with E-state index in [0.29, 0.717) is 37.9 Å². The molecule has 3 aromatic carbocycles. The molecule has 0 radical (unpaired) electrons. The van der Waals surface area contributed by atoms with Crippen molar-refractivity contribution < 1.29 is 18.5 Å². The standard InChI is InChI=1S/C26H20Cl4FN3O2/c27-17-4-9-20(24(30)12-17)25(36-15-21-22(28)2-1-3-23(21)29)13-33-10-11-34(16-33)14-26(35)32-19-7-5-18(31)6-8-19/h1-12,16,25H,13-15H2/p+1. The number of hydrogen-bond donors (Lipinski definition) is 1. The van der Waals surface area contributed by atoms with Crippen molar-refractivity contribution in [1.82, 2.24) is 4.57 Å². The molecule has 0 fully saturated rings. The average Bonchev–Trinajstić information content (AvgIpc) is 3.26. The first kappa shape index (κ1) is 26.5. The molecule has 1 amide bonds. The number of rotatable bonds is 9. The fourth-order valence-corrected chi connectivity index (χ4v) is 4.63. The number of carbonyl (C=O) groups excluding carboxylic acids is 1. The molecule has 10 heteroatoms. The Hall–Kier alpha value is -2.61. The first-order valence-electron chi connectivity index (χ1n) is 10.9. The zero-order chi connectivity index (χ0) is 25.7. The Morgan fingerprint density at radius 2 is 1.72 bits per heavy atom. The lowest BCUT2D eigenvalue weighted by atomic mass is 10.1. The van der Waals surface area contributed by atoms with E-state index in [-0.39, 0.29) is 24.9 Å². The van der Waals surface area contributed by atoms with Gasteiger partial charge in [0, 0.05) is 36.9 Å². The Bertz CT molecular complexity index is 1340. The van der Waals surface area contributed by atoms with E-state index in [0.717, 1.165) is 5.56 Å². The lowest BCUT2D eigenvalue weighted by Gasteiger charge is -2.19. The quantitative estimate of drug-likeness (QED) is 0.219. The minimum absolute atomic E-state index is 0.0762. The van der Waals surface area contributed by atoms with Crippen LogP contribution in [0.5, 0.6) is 0 Å². The molecule has 186 valence electrons. The van der Waals surface area contributed by atoms with E-state index in [4.69, 9.17) is 51.1 Å². The van der Waals surface area contributed by atoms with Gasteiger partial charge in [0.2, 0.25) is 6.33 Å². The highest BCUT2D eigenvalue weighted by atomic mass is 35.5. The molecule has 0 aliphatic heterocycles. The molecule has 0 bridgehead atoms. The van der Waals surface area contributed by atoms with Gasteiger partial charge in [0.25, 0.3) is 5.91 Å². The van der Waals surface area contributed by atoms with Crippen LogP contribution >= 0.6 is 46.4 Å². The maximum Gasteiger partial charge on any atom is 0.266 e. The van der Waals surface area contributed by atoms with Crippen LogP contribution in [0.25, 0.3) is 0 Å². The lowest BCUT2D eigenvalue weighted by Crippen LogP contribution is -2.38. The van der Waals surface area contributed by atoms with Gasteiger partial charge in [-0.1, -0.05) is 58.5 Å². The van der Waals surface area contributed by atoms with Gasteiger partial charge in [0.05, 0.1) is 6.61 Å². The van der Waals surface area contributed by atoms with Crippen molar-refractivity contribution in [2.75, 3.05) is 5.32 Å². The highest BCUT2D eigenvalue weighted by Gasteiger charge is 2.21. The number of imidazole rings is 1. The van der Waals surface area contributed by atoms with Crippen molar-refractivity contribution in [2.45, 2.75) is 25.8 Å². The van der Waals surface area contributed by atoms with Gasteiger partial charge < -0.3 is 10.1 Å². The summed E-state index contributed by atoms with van der Waals surface area (Å²) in [4.78, 5) is 12.4. The maximum atomic E-state index is 13.1. The molecule has 4 rings (SSSR count). The van der Waals surface area contributed by atoms with Gasteiger partial charge in [0.15, 0.2) is 6.54 Å². The van der Waals surface area contributed by atoms with Gasteiger partial charge in [-0.15, -0.1) is 0 Å². The summed E-state index contributed by atoms with van der Waals surface area (Å²) in [6.07, 6.45) is 4.92. The van der Waals surface area contributed by atoms with Crippen LogP contribution in [0, 0.1) is 5.82 Å². The Morgan fingerprint density at radius 3 is 2.42 bits per heavy atom. The fourth-order valence-electron chi connectivity index (χ4n) is 3.59. The number of anilines is 1. The number of amides is 1. The Kier molecular flexibility index (Phi) is 8.88. The summed E-state index contributed by atoms with van der Waals surface area (Å²) < 4.78 is 22.9. The third kappa shape index (κ3) is 6.99. The highest BCUT2D eigenvalue weighted by Crippen LogP contribution is 2.32. The summed E-state index contributed by atoms with van der Waals surface area (Å²) >= 11 is 25.2. The molecule has 1 aromatic heterocycles. The Labute approximate surface area is 227 Å². The fraction of sp³-hybridized carbons (Fsp3) is 0.154. The number of nitrogens with zero attached hydrogens (tertiary/aromatic N) is 2. The van der Waals surface area contributed by atoms with Crippen LogP contribution in [0.3, 0.4) is 0 Å². The van der Waals surface area contributed by atoms with Crippen molar-refractivity contribution in [3.63, 3.8) is 0 Å². The number of halogens is 5. The zero-order valence-corrected chi connectivity index (χ0v) is 21.8. The highest BCUT2D eigenvalue weighted by molar-refractivity contribution is 6.36. The molecule has 1 unspecified atom stereocenters. The second kappa shape index (κ2) is 12.1. The predicted molar refractivity (Wildman–Crippen MR) is 140 cm³/mol. The van der Waals surface area contributed by atoms with Gasteiger partial charge in [-0.05, 0) is 48.5 Å². The van der Waals surface area contributed by atoms with E-state index in [9.17, 15) is 9.18 Å². The lowest BCUT2D eigenvalue weighted by molar-refractivity contribution is -0.683. The van der Waals surface area contributed by atoms with Gasteiger partial charge >= 0.3 is 0 Å². The normalized spacial score (nSPS) is 11.9. The number of nitrogens with one attached hydrogen (secondary N) is 1. The molecular formula is C26H21Cl4FN3O2+. The van der Waals surface area contributed by atoms with E-state index in [1.54, 1.807) is 47.4 Å². The first-order valence-corrected chi connectivity index (χ1v) is 12.4. The molecule has 5 nitrogen and oxygen atoms in total. The zero-order valence-electron chi connectivity index (χ0n) is 18.8. The Balaban J connectivity index is 1.48. The minimum Gasteiger partial charge on any atom is -0.365 e. The molecule has 0 saturated carbocycles. The molecule has 0 aliphatic carbocycles. The summed E-state index contributed by atoms with van der Waals surface area (Å²) in [5, 5.41) is 4.74. The van der Waals surface area contributed by atoms with Crippen LogP contribution in [0.1, 0.15) is 17.2 Å². The third-order valence-corrected chi connectivity index (χ3v) is 6.65. The molecular weight excluding hydrogens is 547 g/mol. The monoisotopic (exact) mass is 566 g/mol. The van der Waals surface area contributed by atoms with Crippen molar-refractivity contribution in [3.05, 3.63) is 116 Å². The van der Waals surface area contributed by atoms with Crippen molar-refractivity contribution in [2.24, 2.45) is 0 Å². The van der Waals surface area contributed by atoms with Crippen LogP contribution in [0.15, 0.2) is 79.4 Å². The summed E-state index contributed by atoms with van der Waals surface area (Å²) in [5.41, 5.74) is 1.94. The van der Waals surface area contributed by atoms with Gasteiger partial charge in [-0.2, -0.15) is 0 Å². The van der Waals surface area contributed by atoms with Gasteiger partial charge in [0.1, 0.15) is 30.9 Å². The number of aromatic nitrogens is 2. The molecule has 1 atom stereocenters. The summed E-state index contributed by atoms with van der Waals surface area (Å²) in [6.45, 7) is 0.645. The number of hydrogen-bond acceptors (Lipinski definition) is 2. The molecule has 0 aliphatic rings. The first-order chi connectivity index (χ1) is 17.3. The third-order valence-electron chi connectivity index (χ3n) is 5.38. The van der Waals surface area contributed by atoms with Crippen LogP contribution in [-0.2, 0) is 29.2 Å². The second-order valence-electron chi connectivity index (χ2n) is 8.00. The SMILES string of the molecule is O=C(C[n+]1ccn(CC(OCc2c(Cl)cccc2Cl)c2ccc(Cl)cc2Cl)c1)Nc1ccc(F)cc1. The number of benzene rings is 3. The van der Waals surface area contributed by atoms with Crippen molar-refractivity contribution in [3.8, 4) is 0 Å². The molecule has 36 heavy (non-hydrogen) atoms. The Morgan fingerprint density at radius 1 is 1.00 bits per heavy atom. The molecule has 0 spiro atoms. The van der Waals surface area contributed by atoms with E-state index < -0.39 is 6.10 Å². The largest absolute Gasteiger partial charge is 0.365 e. The minimum atomic E-state index is -0.462. The summed E-state index contributed by atoms with van der Waals surface area (Å²) in [5.74, 6) is -0.611. The smallest absolute Gasteiger partial charge is 0.266 e. The van der Waals surface area contributed by atoms with Gasteiger partial charge in [-0.3, -0.25) is 4.79 Å². The molecule has 0 saturated heterocycles.